The Morgan fingerprint density at radius 3 is 2.67 bits per heavy atom. The first kappa shape index (κ1) is 19.8. The van der Waals surface area contributed by atoms with Crippen LogP contribution in [-0.4, -0.2) is 58.5 Å². The lowest BCUT2D eigenvalue weighted by Gasteiger charge is -2.33. The second-order valence-corrected chi connectivity index (χ2v) is 8.16. The van der Waals surface area contributed by atoms with E-state index in [0.29, 0.717) is 26.4 Å². The molecule has 0 spiro atoms. The van der Waals surface area contributed by atoms with Crippen molar-refractivity contribution in [2.45, 2.75) is 27.4 Å². The first-order valence-corrected chi connectivity index (χ1v) is 10.2. The van der Waals surface area contributed by atoms with Gasteiger partial charge in [-0.3, -0.25) is 4.90 Å². The average molecular weight is 408 g/mol. The number of rotatable bonds is 5. The van der Waals surface area contributed by atoms with E-state index < -0.39 is 0 Å². The van der Waals surface area contributed by atoms with Crippen molar-refractivity contribution in [2.75, 3.05) is 38.1 Å². The van der Waals surface area contributed by atoms with Crippen molar-refractivity contribution in [2.24, 2.45) is 0 Å². The van der Waals surface area contributed by atoms with E-state index in [2.05, 4.69) is 41.3 Å². The van der Waals surface area contributed by atoms with Gasteiger partial charge in [-0.05, 0) is 56.2 Å². The molecule has 146 valence electrons. The van der Waals surface area contributed by atoms with Gasteiger partial charge in [-0.2, -0.15) is 0 Å². The summed E-state index contributed by atoms with van der Waals surface area (Å²) in [7, 11) is 0. The van der Waals surface area contributed by atoms with Crippen molar-refractivity contribution in [3.63, 3.8) is 0 Å². The lowest BCUT2D eigenvalue weighted by molar-refractivity contribution is 0.0693. The average Bonchev–Trinajstić information content (AvgIpc) is 2.98. The van der Waals surface area contributed by atoms with Crippen molar-refractivity contribution < 1.29 is 9.53 Å². The predicted octanol–water partition coefficient (Wildman–Crippen LogP) is 3.77. The summed E-state index contributed by atoms with van der Waals surface area (Å²) in [5.74, 6) is 0. The summed E-state index contributed by atoms with van der Waals surface area (Å²) >= 11 is 6.94. The van der Waals surface area contributed by atoms with Crippen LogP contribution in [0.4, 0.5) is 15.6 Å². The summed E-state index contributed by atoms with van der Waals surface area (Å²) in [5, 5.41) is 8.73. The third kappa shape index (κ3) is 5.06. The zero-order valence-electron chi connectivity index (χ0n) is 15.9. The summed E-state index contributed by atoms with van der Waals surface area (Å²) in [5.41, 5.74) is 3.51. The maximum absolute atomic E-state index is 11.8. The molecule has 2 heterocycles. The number of nitrogens with one attached hydrogen (secondary N) is 1. The van der Waals surface area contributed by atoms with E-state index in [-0.39, 0.29) is 6.09 Å². The Kier molecular flexibility index (Phi) is 6.46. The molecule has 1 amide bonds. The van der Waals surface area contributed by atoms with E-state index in [1.54, 1.807) is 4.90 Å². The van der Waals surface area contributed by atoms with Gasteiger partial charge in [-0.1, -0.05) is 17.4 Å². The molecule has 9 heteroatoms. The van der Waals surface area contributed by atoms with Gasteiger partial charge < -0.3 is 15.0 Å². The Labute approximate surface area is 168 Å². The first-order valence-electron chi connectivity index (χ1n) is 9.02. The fourth-order valence-electron chi connectivity index (χ4n) is 2.86. The zero-order chi connectivity index (χ0) is 19.4. The summed E-state index contributed by atoms with van der Waals surface area (Å²) in [4.78, 5) is 15.8. The highest BCUT2D eigenvalue weighted by atomic mass is 32.1. The Balaban J connectivity index is 1.58. The SMILES string of the molecule is CCOC(=O)N1CCN(Cn2nc(Nc3ccc(C)c(C)c3)sc2=S)CC1. The molecule has 1 aromatic carbocycles. The number of carbonyl (C=O) groups excluding carboxylic acids is 1. The molecule has 0 unspecified atom stereocenters. The van der Waals surface area contributed by atoms with Crippen LogP contribution in [0.25, 0.3) is 0 Å². The van der Waals surface area contributed by atoms with E-state index in [1.165, 1.54) is 22.5 Å². The largest absolute Gasteiger partial charge is 0.450 e. The Bertz CT molecular complexity index is 856. The van der Waals surface area contributed by atoms with Crippen LogP contribution in [0, 0.1) is 17.8 Å². The number of hydrogen-bond acceptors (Lipinski definition) is 7. The smallest absolute Gasteiger partial charge is 0.409 e. The van der Waals surface area contributed by atoms with E-state index in [1.807, 2.05) is 17.7 Å². The van der Waals surface area contributed by atoms with Gasteiger partial charge in [0.25, 0.3) is 0 Å². The molecule has 1 aliphatic rings. The second-order valence-electron chi connectivity index (χ2n) is 6.54. The van der Waals surface area contributed by atoms with Crippen LogP contribution >= 0.6 is 23.6 Å². The number of carbonyl (C=O) groups is 1. The minimum absolute atomic E-state index is 0.234. The van der Waals surface area contributed by atoms with Gasteiger partial charge in [0, 0.05) is 31.9 Å². The van der Waals surface area contributed by atoms with Gasteiger partial charge in [0.2, 0.25) is 5.13 Å². The van der Waals surface area contributed by atoms with Crippen molar-refractivity contribution in [3.8, 4) is 0 Å². The van der Waals surface area contributed by atoms with E-state index in [9.17, 15) is 4.79 Å². The molecule has 1 aliphatic heterocycles. The molecule has 7 nitrogen and oxygen atoms in total. The molecule has 27 heavy (non-hydrogen) atoms. The van der Waals surface area contributed by atoms with Crippen molar-refractivity contribution in [1.29, 1.82) is 0 Å². The fraction of sp³-hybridized carbons (Fsp3) is 0.500. The predicted molar refractivity (Wildman–Crippen MR) is 110 cm³/mol. The number of aryl methyl sites for hydroxylation is 2. The van der Waals surface area contributed by atoms with Gasteiger partial charge >= 0.3 is 6.09 Å². The molecule has 0 aliphatic carbocycles. The minimum Gasteiger partial charge on any atom is -0.450 e. The maximum atomic E-state index is 11.8. The molecule has 1 saturated heterocycles. The monoisotopic (exact) mass is 407 g/mol. The zero-order valence-corrected chi connectivity index (χ0v) is 17.5. The molecule has 3 rings (SSSR count). The molecule has 1 aromatic heterocycles. The lowest BCUT2D eigenvalue weighted by Crippen LogP contribution is -2.49. The van der Waals surface area contributed by atoms with E-state index >= 15 is 0 Å². The van der Waals surface area contributed by atoms with E-state index in [0.717, 1.165) is 27.9 Å². The number of anilines is 2. The number of piperazine rings is 1. The number of nitrogens with zero attached hydrogens (tertiary/aromatic N) is 4. The first-order chi connectivity index (χ1) is 13.0. The van der Waals surface area contributed by atoms with Crippen LogP contribution in [0.5, 0.6) is 0 Å². The molecule has 0 atom stereocenters. The van der Waals surface area contributed by atoms with Crippen LogP contribution in [0.3, 0.4) is 0 Å². The highest BCUT2D eigenvalue weighted by Gasteiger charge is 2.22. The van der Waals surface area contributed by atoms with Gasteiger partial charge in [-0.15, -0.1) is 5.10 Å². The molecule has 0 bridgehead atoms. The molecule has 1 fully saturated rings. The third-order valence-electron chi connectivity index (χ3n) is 4.60. The topological polar surface area (TPSA) is 62.6 Å². The molecule has 0 radical (unpaired) electrons. The summed E-state index contributed by atoms with van der Waals surface area (Å²) in [6, 6.07) is 6.25. The number of aromatic nitrogens is 2. The maximum Gasteiger partial charge on any atom is 0.409 e. The van der Waals surface area contributed by atoms with E-state index in [4.69, 9.17) is 17.0 Å². The number of benzene rings is 1. The fourth-order valence-corrected chi connectivity index (χ4v) is 3.88. The van der Waals surface area contributed by atoms with Crippen LogP contribution in [0.2, 0.25) is 0 Å². The Hall–Kier alpha value is -1.97. The lowest BCUT2D eigenvalue weighted by atomic mass is 10.1. The molecule has 2 aromatic rings. The highest BCUT2D eigenvalue weighted by Crippen LogP contribution is 2.22. The summed E-state index contributed by atoms with van der Waals surface area (Å²) in [6.45, 7) is 9.91. The van der Waals surface area contributed by atoms with Gasteiger partial charge in [0.15, 0.2) is 3.95 Å². The van der Waals surface area contributed by atoms with Crippen molar-refractivity contribution in [1.82, 2.24) is 19.6 Å². The van der Waals surface area contributed by atoms with Crippen LogP contribution < -0.4 is 5.32 Å². The minimum atomic E-state index is -0.234. The number of ether oxygens (including phenoxy) is 1. The van der Waals surface area contributed by atoms with Crippen LogP contribution in [0.1, 0.15) is 18.1 Å². The van der Waals surface area contributed by atoms with Crippen molar-refractivity contribution >= 4 is 40.5 Å². The van der Waals surface area contributed by atoms with Gasteiger partial charge in [0.1, 0.15) is 0 Å². The Morgan fingerprint density at radius 1 is 1.26 bits per heavy atom. The van der Waals surface area contributed by atoms with Gasteiger partial charge in [-0.25, -0.2) is 9.48 Å². The summed E-state index contributed by atoms with van der Waals surface area (Å²) in [6.07, 6.45) is -0.234. The normalized spacial score (nSPS) is 15.0. The summed E-state index contributed by atoms with van der Waals surface area (Å²) < 4.78 is 7.62. The third-order valence-corrected chi connectivity index (χ3v) is 5.82. The Morgan fingerprint density at radius 2 is 2.00 bits per heavy atom. The quantitative estimate of drug-likeness (QED) is 0.762. The highest BCUT2D eigenvalue weighted by molar-refractivity contribution is 7.73. The number of hydrogen-bond donors (Lipinski definition) is 1. The van der Waals surface area contributed by atoms with Crippen LogP contribution in [0.15, 0.2) is 18.2 Å². The van der Waals surface area contributed by atoms with Gasteiger partial charge in [0.05, 0.1) is 13.3 Å². The molecule has 0 saturated carbocycles. The standard InChI is InChI=1S/C18H25N5O2S2/c1-4-25-17(24)22-9-7-21(8-10-22)12-23-18(26)27-16(20-23)19-15-6-5-13(2)14(3)11-15/h5-6,11H,4,7-10,12H2,1-3H3,(H,19,20). The second kappa shape index (κ2) is 8.81. The van der Waals surface area contributed by atoms with Crippen LogP contribution in [-0.2, 0) is 11.4 Å². The molecule has 1 N–H and O–H groups in total. The number of amides is 1. The van der Waals surface area contributed by atoms with Crippen molar-refractivity contribution in [3.05, 3.63) is 33.3 Å². The molecular weight excluding hydrogens is 382 g/mol. The molecular formula is C18H25N5O2S2.